The Balaban J connectivity index is 2.15. The van der Waals surface area contributed by atoms with Gasteiger partial charge in [0, 0.05) is 23.7 Å². The van der Waals surface area contributed by atoms with Crippen molar-refractivity contribution in [3.05, 3.63) is 65.2 Å². The summed E-state index contributed by atoms with van der Waals surface area (Å²) in [5.74, 6) is 3.55. The Morgan fingerprint density at radius 2 is 1.55 bits per heavy atom. The number of rotatable bonds is 4. The zero-order valence-electron chi connectivity index (χ0n) is 19.9. The monoisotopic (exact) mass is 430 g/mol. The summed E-state index contributed by atoms with van der Waals surface area (Å²) in [7, 11) is 0.00648. The van der Waals surface area contributed by atoms with Gasteiger partial charge in [0.05, 0.1) is 11.4 Å². The number of carbonyl (C=O) groups is 1. The maximum atomic E-state index is 12.5. The molecule has 162 valence electrons. The molecule has 0 N–H and O–H groups in total. The number of aliphatic imine (C=N–C) groups is 1. The second kappa shape index (κ2) is 9.24. The molecule has 0 bridgehead atoms. The van der Waals surface area contributed by atoms with Gasteiger partial charge in [-0.2, -0.15) is 0 Å². The van der Waals surface area contributed by atoms with Crippen molar-refractivity contribution in [1.29, 1.82) is 0 Å². The van der Waals surface area contributed by atoms with Crippen molar-refractivity contribution in [2.75, 3.05) is 18.5 Å². The lowest BCUT2D eigenvalue weighted by Crippen LogP contribution is -2.43. The van der Waals surface area contributed by atoms with E-state index in [-0.39, 0.29) is 12.5 Å². The Kier molecular flexibility index (Phi) is 6.86. The van der Waals surface area contributed by atoms with E-state index in [2.05, 4.69) is 64.1 Å². The van der Waals surface area contributed by atoms with E-state index in [1.54, 1.807) is 4.90 Å². The molecule has 1 aliphatic heterocycles. The van der Waals surface area contributed by atoms with Crippen LogP contribution in [0.4, 0.5) is 5.69 Å². The summed E-state index contributed by atoms with van der Waals surface area (Å²) >= 11 is 0. The number of carbonyl (C=O) groups excluding carboxylic acids is 1. The van der Waals surface area contributed by atoms with Crippen LogP contribution in [0.3, 0.4) is 0 Å². The molecule has 3 nitrogen and oxygen atoms in total. The second-order valence-corrected chi connectivity index (χ2v) is 14.9. The number of fused-ring (bicyclic) bond motifs is 1. The second-order valence-electron chi connectivity index (χ2n) is 9.36. The van der Waals surface area contributed by atoms with Crippen LogP contribution in [0.25, 0.3) is 0 Å². The molecule has 0 saturated carbocycles. The molecule has 0 aliphatic carbocycles. The minimum Gasteiger partial charge on any atom is -0.313 e. The van der Waals surface area contributed by atoms with Crippen molar-refractivity contribution in [1.82, 2.24) is 0 Å². The fourth-order valence-electron chi connectivity index (χ4n) is 5.02. The summed E-state index contributed by atoms with van der Waals surface area (Å²) in [4.78, 5) is 18.9. The van der Waals surface area contributed by atoms with Crippen LogP contribution in [0, 0.1) is 11.5 Å². The first-order valence-corrected chi connectivity index (χ1v) is 13.5. The minimum absolute atomic E-state index is 0.00290. The number of nitrogens with zero attached hydrogens (tertiary/aromatic N) is 2. The number of hydrogen-bond acceptors (Lipinski definition) is 2. The summed E-state index contributed by atoms with van der Waals surface area (Å²) in [5.41, 5.74) is 10.3. The van der Waals surface area contributed by atoms with Crippen molar-refractivity contribution in [2.24, 2.45) is 4.99 Å². The first-order valence-electron chi connectivity index (χ1n) is 11.2. The van der Waals surface area contributed by atoms with Crippen LogP contribution >= 0.6 is 0 Å². The van der Waals surface area contributed by atoms with Crippen molar-refractivity contribution < 1.29 is 4.79 Å². The van der Waals surface area contributed by atoms with E-state index in [9.17, 15) is 4.79 Å². The quantitative estimate of drug-likeness (QED) is 0.428. The molecule has 0 atom stereocenters. The van der Waals surface area contributed by atoms with Crippen molar-refractivity contribution in [2.45, 2.75) is 58.2 Å². The maximum absolute atomic E-state index is 12.5. The molecule has 1 aliphatic rings. The van der Waals surface area contributed by atoms with Gasteiger partial charge in [0.15, 0.2) is 0 Å². The van der Waals surface area contributed by atoms with Gasteiger partial charge in [-0.3, -0.25) is 9.79 Å². The number of benzene rings is 2. The van der Waals surface area contributed by atoms with Gasteiger partial charge < -0.3 is 4.90 Å². The zero-order chi connectivity index (χ0) is 22.8. The molecule has 4 heteroatoms. The van der Waals surface area contributed by atoms with E-state index in [4.69, 9.17) is 0 Å². The molecular formula is C27H34N2OSi. The van der Waals surface area contributed by atoms with E-state index >= 15 is 0 Å². The van der Waals surface area contributed by atoms with Gasteiger partial charge in [0.25, 0.3) is 0 Å². The third-order valence-electron chi connectivity index (χ3n) is 6.70. The van der Waals surface area contributed by atoms with Crippen molar-refractivity contribution in [3.63, 3.8) is 0 Å². The van der Waals surface area contributed by atoms with Gasteiger partial charge in [0.2, 0.25) is 5.91 Å². The molecule has 1 heterocycles. The lowest BCUT2D eigenvalue weighted by molar-refractivity contribution is -0.116. The molecule has 31 heavy (non-hydrogen) atoms. The lowest BCUT2D eigenvalue weighted by Gasteiger charge is -2.38. The Morgan fingerprint density at radius 3 is 2.13 bits per heavy atom. The van der Waals surface area contributed by atoms with Gasteiger partial charge in [-0.15, -0.1) is 5.54 Å². The summed E-state index contributed by atoms with van der Waals surface area (Å²) in [5, 5.41) is 0. The Hall–Kier alpha value is -2.64. The molecule has 3 rings (SSSR count). The highest BCUT2D eigenvalue weighted by Crippen LogP contribution is 2.40. The summed E-state index contributed by atoms with van der Waals surface area (Å²) in [6, 6.07) is 16.3. The first kappa shape index (κ1) is 23.0. The number of hydrogen-bond donors (Lipinski definition) is 0. The Labute approximate surface area is 188 Å². The zero-order valence-corrected chi connectivity index (χ0v) is 20.9. The van der Waals surface area contributed by atoms with Crippen LogP contribution in [-0.4, -0.2) is 33.3 Å². The van der Waals surface area contributed by atoms with E-state index in [0.29, 0.717) is 16.6 Å². The highest BCUT2D eigenvalue weighted by molar-refractivity contribution is 6.90. The van der Waals surface area contributed by atoms with Crippen LogP contribution in [0.1, 0.15) is 58.2 Å². The average molecular weight is 431 g/mol. The SMILES string of the molecule is CC(C)[Si](C#Cc1ccc2c(c1)C(c1ccccc1)=NCC(=O)N2C)(C(C)C)C(C)C. The van der Waals surface area contributed by atoms with E-state index in [1.165, 1.54) is 0 Å². The minimum atomic E-state index is -1.82. The molecule has 0 aromatic heterocycles. The largest absolute Gasteiger partial charge is 0.313 e. The van der Waals surface area contributed by atoms with E-state index in [1.807, 2.05) is 49.5 Å². The first-order chi connectivity index (χ1) is 14.7. The third-order valence-corrected chi connectivity index (χ3v) is 13.0. The molecule has 1 amide bonds. The normalized spacial score (nSPS) is 14.3. The molecule has 0 unspecified atom stereocenters. The number of amides is 1. The molecule has 0 radical (unpaired) electrons. The molecular weight excluding hydrogens is 396 g/mol. The van der Waals surface area contributed by atoms with Gasteiger partial charge in [-0.25, -0.2) is 0 Å². The smallest absolute Gasteiger partial charge is 0.248 e. The number of benzodiazepines with no additional fused rings is 1. The number of likely N-dealkylation sites (N-methyl/N-ethyl adjacent to an activating group) is 1. The van der Waals surface area contributed by atoms with Crippen LogP contribution in [-0.2, 0) is 4.79 Å². The average Bonchev–Trinajstić information content (AvgIpc) is 2.85. The summed E-state index contributed by atoms with van der Waals surface area (Å²) < 4.78 is 0. The van der Waals surface area contributed by atoms with Crippen LogP contribution < -0.4 is 4.90 Å². The predicted octanol–water partition coefficient (Wildman–Crippen LogP) is 6.07. The van der Waals surface area contributed by atoms with E-state index in [0.717, 1.165) is 28.1 Å². The standard InChI is InChI=1S/C27H34N2OSi/c1-19(2)31(20(3)4,21(5)6)16-15-22-13-14-25-24(17-22)27(23-11-9-8-10-12-23)28-18-26(30)29(25)7/h8-14,17,19-21H,18H2,1-7H3. The highest BCUT2D eigenvalue weighted by atomic mass is 28.3. The maximum Gasteiger partial charge on any atom is 0.248 e. The van der Waals surface area contributed by atoms with Crippen LogP contribution in [0.2, 0.25) is 16.6 Å². The van der Waals surface area contributed by atoms with Gasteiger partial charge in [0.1, 0.15) is 14.6 Å². The van der Waals surface area contributed by atoms with Crippen molar-refractivity contribution >= 4 is 25.4 Å². The Morgan fingerprint density at radius 1 is 0.935 bits per heavy atom. The van der Waals surface area contributed by atoms with Crippen molar-refractivity contribution in [3.8, 4) is 11.5 Å². The molecule has 0 fully saturated rings. The molecule has 0 spiro atoms. The predicted molar refractivity (Wildman–Crippen MR) is 135 cm³/mol. The van der Waals surface area contributed by atoms with E-state index < -0.39 is 8.07 Å². The lowest BCUT2D eigenvalue weighted by atomic mass is 9.98. The fourth-order valence-corrected chi connectivity index (χ4v) is 10.3. The summed E-state index contributed by atoms with van der Waals surface area (Å²) in [6.07, 6.45) is 0. The van der Waals surface area contributed by atoms with Crippen LogP contribution in [0.5, 0.6) is 0 Å². The molecule has 2 aromatic carbocycles. The topological polar surface area (TPSA) is 32.7 Å². The van der Waals surface area contributed by atoms with Crippen LogP contribution in [0.15, 0.2) is 53.5 Å². The molecule has 0 saturated heterocycles. The third kappa shape index (κ3) is 4.38. The summed E-state index contributed by atoms with van der Waals surface area (Å²) in [6.45, 7) is 14.1. The van der Waals surface area contributed by atoms with Gasteiger partial charge in [-0.05, 0) is 34.8 Å². The number of anilines is 1. The fraction of sp³-hybridized carbons (Fsp3) is 0.407. The van der Waals surface area contributed by atoms with Gasteiger partial charge in [-0.1, -0.05) is 77.8 Å². The molecule has 2 aromatic rings. The van der Waals surface area contributed by atoms with Gasteiger partial charge >= 0.3 is 0 Å². The highest BCUT2D eigenvalue weighted by Gasteiger charge is 2.41. The Bertz CT molecular complexity index is 1020.